The SMILES string of the molecule is CCOc1cc(CN2CCCn3cccc3C2c2ccc(F)c(F)c2)ccc1O. The van der Waals surface area contributed by atoms with Gasteiger partial charge in [0.1, 0.15) is 0 Å². The molecule has 29 heavy (non-hydrogen) atoms. The van der Waals surface area contributed by atoms with Crippen LogP contribution in [0.3, 0.4) is 0 Å². The maximum atomic E-state index is 14.0. The lowest BCUT2D eigenvalue weighted by atomic mass is 10.0. The highest BCUT2D eigenvalue weighted by Gasteiger charge is 2.28. The molecule has 1 N–H and O–H groups in total. The van der Waals surface area contributed by atoms with Gasteiger partial charge in [0.15, 0.2) is 23.1 Å². The minimum absolute atomic E-state index is 0.109. The van der Waals surface area contributed by atoms with E-state index in [1.165, 1.54) is 12.1 Å². The molecule has 3 aromatic rings. The summed E-state index contributed by atoms with van der Waals surface area (Å²) >= 11 is 0. The number of phenols is 1. The van der Waals surface area contributed by atoms with Crippen molar-refractivity contribution in [1.29, 1.82) is 0 Å². The molecule has 0 aliphatic carbocycles. The Balaban J connectivity index is 1.72. The van der Waals surface area contributed by atoms with Gasteiger partial charge in [-0.2, -0.15) is 0 Å². The molecule has 0 saturated carbocycles. The number of benzene rings is 2. The molecule has 1 aromatic heterocycles. The second-order valence-corrected chi connectivity index (χ2v) is 7.26. The molecular weight excluding hydrogens is 374 g/mol. The third-order valence-corrected chi connectivity index (χ3v) is 5.32. The average Bonchev–Trinajstić information content (AvgIpc) is 3.09. The molecule has 1 aliphatic heterocycles. The number of hydrogen-bond donors (Lipinski definition) is 1. The molecule has 0 saturated heterocycles. The summed E-state index contributed by atoms with van der Waals surface area (Å²) in [4.78, 5) is 2.26. The van der Waals surface area contributed by atoms with Gasteiger partial charge in [0.25, 0.3) is 0 Å². The Bertz CT molecular complexity index is 1000. The minimum Gasteiger partial charge on any atom is -0.504 e. The van der Waals surface area contributed by atoms with Gasteiger partial charge in [-0.1, -0.05) is 12.1 Å². The predicted molar refractivity (Wildman–Crippen MR) is 107 cm³/mol. The number of aromatic hydroxyl groups is 1. The third kappa shape index (κ3) is 3.98. The van der Waals surface area contributed by atoms with Crippen LogP contribution in [0.15, 0.2) is 54.7 Å². The minimum atomic E-state index is -0.843. The highest BCUT2D eigenvalue weighted by atomic mass is 19.2. The number of fused-ring (bicyclic) bond motifs is 1. The summed E-state index contributed by atoms with van der Waals surface area (Å²) in [6.07, 6.45) is 2.97. The van der Waals surface area contributed by atoms with Crippen molar-refractivity contribution >= 4 is 0 Å². The number of rotatable bonds is 5. The lowest BCUT2D eigenvalue weighted by Gasteiger charge is -2.31. The van der Waals surface area contributed by atoms with Crippen LogP contribution >= 0.6 is 0 Å². The Morgan fingerprint density at radius 2 is 1.93 bits per heavy atom. The van der Waals surface area contributed by atoms with E-state index in [0.29, 0.717) is 18.9 Å². The summed E-state index contributed by atoms with van der Waals surface area (Å²) in [6.45, 7) is 4.60. The summed E-state index contributed by atoms with van der Waals surface area (Å²) in [5.74, 6) is -1.12. The van der Waals surface area contributed by atoms with Crippen molar-refractivity contribution < 1.29 is 18.6 Å². The number of aromatic nitrogens is 1. The molecule has 1 aliphatic rings. The lowest BCUT2D eigenvalue weighted by Crippen LogP contribution is -2.29. The number of aryl methyl sites for hydroxylation is 1. The Morgan fingerprint density at radius 1 is 1.07 bits per heavy atom. The molecule has 0 radical (unpaired) electrons. The van der Waals surface area contributed by atoms with Crippen molar-refractivity contribution in [1.82, 2.24) is 9.47 Å². The average molecular weight is 398 g/mol. The Morgan fingerprint density at radius 3 is 2.72 bits per heavy atom. The van der Waals surface area contributed by atoms with E-state index in [-0.39, 0.29) is 11.8 Å². The molecule has 4 rings (SSSR count). The van der Waals surface area contributed by atoms with E-state index >= 15 is 0 Å². The molecule has 6 heteroatoms. The summed E-state index contributed by atoms with van der Waals surface area (Å²) in [7, 11) is 0. The first-order valence-corrected chi connectivity index (χ1v) is 9.85. The fraction of sp³-hybridized carbons (Fsp3) is 0.304. The fourth-order valence-corrected chi connectivity index (χ4v) is 4.04. The topological polar surface area (TPSA) is 37.6 Å². The van der Waals surface area contributed by atoms with Crippen LogP contribution in [0.4, 0.5) is 8.78 Å². The van der Waals surface area contributed by atoms with Crippen LogP contribution in [0.1, 0.15) is 36.2 Å². The van der Waals surface area contributed by atoms with Gasteiger partial charge in [-0.15, -0.1) is 0 Å². The molecule has 0 bridgehead atoms. The Hall–Kier alpha value is -2.86. The molecule has 0 amide bonds. The third-order valence-electron chi connectivity index (χ3n) is 5.32. The van der Waals surface area contributed by atoms with Crippen LogP contribution in [0.5, 0.6) is 11.5 Å². The molecule has 0 fully saturated rings. The van der Waals surface area contributed by atoms with Gasteiger partial charge in [-0.05, 0) is 60.9 Å². The zero-order chi connectivity index (χ0) is 20.4. The normalized spacial score (nSPS) is 17.0. The van der Waals surface area contributed by atoms with Crippen LogP contribution in [-0.2, 0) is 13.1 Å². The van der Waals surface area contributed by atoms with Gasteiger partial charge < -0.3 is 14.4 Å². The van der Waals surface area contributed by atoms with Crippen LogP contribution in [-0.4, -0.2) is 27.7 Å². The van der Waals surface area contributed by atoms with Gasteiger partial charge in [-0.25, -0.2) is 8.78 Å². The maximum Gasteiger partial charge on any atom is 0.161 e. The van der Waals surface area contributed by atoms with Gasteiger partial charge in [0, 0.05) is 31.5 Å². The van der Waals surface area contributed by atoms with Crippen LogP contribution in [0.2, 0.25) is 0 Å². The van der Waals surface area contributed by atoms with Gasteiger partial charge >= 0.3 is 0 Å². The van der Waals surface area contributed by atoms with Crippen molar-refractivity contribution in [3.63, 3.8) is 0 Å². The first kappa shape index (κ1) is 19.5. The first-order valence-electron chi connectivity index (χ1n) is 9.85. The van der Waals surface area contributed by atoms with Crippen molar-refractivity contribution in [2.45, 2.75) is 32.5 Å². The molecule has 0 spiro atoms. The number of nitrogens with zero attached hydrogens (tertiary/aromatic N) is 2. The van der Waals surface area contributed by atoms with E-state index in [2.05, 4.69) is 9.47 Å². The van der Waals surface area contributed by atoms with Crippen molar-refractivity contribution in [2.24, 2.45) is 0 Å². The number of halogens is 2. The number of ether oxygens (including phenoxy) is 1. The molecular formula is C23H24F2N2O2. The monoisotopic (exact) mass is 398 g/mol. The molecule has 4 nitrogen and oxygen atoms in total. The fourth-order valence-electron chi connectivity index (χ4n) is 4.04. The molecule has 2 aromatic carbocycles. The zero-order valence-corrected chi connectivity index (χ0v) is 16.3. The lowest BCUT2D eigenvalue weighted by molar-refractivity contribution is 0.219. The first-order chi connectivity index (χ1) is 14.1. The molecule has 1 atom stereocenters. The predicted octanol–water partition coefficient (Wildman–Crippen LogP) is 4.87. The Labute approximate surface area is 169 Å². The van der Waals surface area contributed by atoms with Gasteiger partial charge in [-0.3, -0.25) is 4.90 Å². The van der Waals surface area contributed by atoms with Crippen LogP contribution < -0.4 is 4.74 Å². The molecule has 1 unspecified atom stereocenters. The van der Waals surface area contributed by atoms with E-state index in [4.69, 9.17) is 4.74 Å². The highest BCUT2D eigenvalue weighted by Crippen LogP contribution is 2.35. The van der Waals surface area contributed by atoms with Crippen LogP contribution in [0, 0.1) is 11.6 Å². The summed E-state index contributed by atoms with van der Waals surface area (Å²) < 4.78 is 35.3. The highest BCUT2D eigenvalue weighted by molar-refractivity contribution is 5.42. The van der Waals surface area contributed by atoms with Crippen molar-refractivity contribution in [3.05, 3.63) is 83.2 Å². The summed E-state index contributed by atoms with van der Waals surface area (Å²) in [5.41, 5.74) is 2.76. The van der Waals surface area contributed by atoms with E-state index in [1.54, 1.807) is 12.1 Å². The largest absolute Gasteiger partial charge is 0.504 e. The molecule has 2 heterocycles. The van der Waals surface area contributed by atoms with E-state index in [1.807, 2.05) is 37.4 Å². The van der Waals surface area contributed by atoms with E-state index in [9.17, 15) is 13.9 Å². The van der Waals surface area contributed by atoms with E-state index in [0.717, 1.165) is 36.3 Å². The van der Waals surface area contributed by atoms with E-state index < -0.39 is 11.6 Å². The molecule has 152 valence electrons. The van der Waals surface area contributed by atoms with Crippen LogP contribution in [0.25, 0.3) is 0 Å². The number of phenolic OH excluding ortho intramolecular Hbond substituents is 1. The quantitative estimate of drug-likeness (QED) is 0.667. The second-order valence-electron chi connectivity index (χ2n) is 7.26. The second kappa shape index (κ2) is 8.25. The summed E-state index contributed by atoms with van der Waals surface area (Å²) in [5, 5.41) is 9.99. The smallest absolute Gasteiger partial charge is 0.161 e. The number of hydrogen-bond acceptors (Lipinski definition) is 3. The standard InChI is InChI=1S/C23H24F2N2O2/c1-2-29-22-13-16(6-9-21(22)28)15-27-12-4-11-26-10-3-5-20(26)23(27)17-7-8-18(24)19(25)14-17/h3,5-10,13-14,23,28H,2,4,11-12,15H2,1H3. The summed E-state index contributed by atoms with van der Waals surface area (Å²) in [6, 6.07) is 13.3. The Kier molecular flexibility index (Phi) is 5.53. The van der Waals surface area contributed by atoms with Gasteiger partial charge in [0.05, 0.1) is 12.6 Å². The van der Waals surface area contributed by atoms with Crippen molar-refractivity contribution in [2.75, 3.05) is 13.2 Å². The zero-order valence-electron chi connectivity index (χ0n) is 16.3. The van der Waals surface area contributed by atoms with Gasteiger partial charge in [0.2, 0.25) is 0 Å². The van der Waals surface area contributed by atoms with Crippen molar-refractivity contribution in [3.8, 4) is 11.5 Å². The maximum absolute atomic E-state index is 14.0.